The van der Waals surface area contributed by atoms with Gasteiger partial charge in [0.1, 0.15) is 15.7 Å². The highest BCUT2D eigenvalue weighted by atomic mass is 16.3. The molecule has 0 aromatic heterocycles. The van der Waals surface area contributed by atoms with Gasteiger partial charge in [-0.2, -0.15) is 0 Å². The van der Waals surface area contributed by atoms with Gasteiger partial charge in [0.05, 0.1) is 0 Å². The summed E-state index contributed by atoms with van der Waals surface area (Å²) in [7, 11) is 3.55. The monoisotopic (exact) mass is 534 g/mol. The number of hydrogen-bond acceptors (Lipinski definition) is 3. The minimum absolute atomic E-state index is 0.153. The van der Waals surface area contributed by atoms with Crippen LogP contribution in [0.1, 0.15) is 16.7 Å². The van der Waals surface area contributed by atoms with Crippen molar-refractivity contribution in [3.63, 3.8) is 0 Å². The SMILES string of the molecule is Bc1c(B)c(-c2c(C=C)c(C=C)c(-c3ccc(C4=CC=CC(C=C)C4C=C)cc3)c3ccccc23)c(O)c(O)c1O. The van der Waals surface area contributed by atoms with Gasteiger partial charge in [-0.3, -0.25) is 0 Å². The quantitative estimate of drug-likeness (QED) is 0.163. The first-order chi connectivity index (χ1) is 19.8. The molecule has 0 amide bonds. The van der Waals surface area contributed by atoms with Crippen LogP contribution in [0.25, 0.3) is 50.8 Å². The van der Waals surface area contributed by atoms with Crippen LogP contribution in [-0.4, -0.2) is 31.0 Å². The summed E-state index contributed by atoms with van der Waals surface area (Å²) in [6.45, 7) is 16.3. The van der Waals surface area contributed by atoms with Crippen molar-refractivity contribution in [2.24, 2.45) is 11.8 Å². The maximum atomic E-state index is 11.1. The van der Waals surface area contributed by atoms with E-state index in [2.05, 4.69) is 74.9 Å². The van der Waals surface area contributed by atoms with Gasteiger partial charge in [-0.25, -0.2) is 0 Å². The Bertz CT molecular complexity index is 1780. The Morgan fingerprint density at radius 2 is 1.22 bits per heavy atom. The number of phenols is 3. The Morgan fingerprint density at radius 3 is 1.80 bits per heavy atom. The second kappa shape index (κ2) is 10.9. The molecule has 0 bridgehead atoms. The van der Waals surface area contributed by atoms with Crippen LogP contribution < -0.4 is 10.9 Å². The third-order valence-corrected chi connectivity index (χ3v) is 8.35. The fraction of sp³-hybridized carbons (Fsp3) is 0.0556. The van der Waals surface area contributed by atoms with Gasteiger partial charge in [0.25, 0.3) is 0 Å². The second-order valence-electron chi connectivity index (χ2n) is 10.4. The lowest BCUT2D eigenvalue weighted by Gasteiger charge is -2.25. The summed E-state index contributed by atoms with van der Waals surface area (Å²) in [5, 5.41) is 33.9. The summed E-state index contributed by atoms with van der Waals surface area (Å²) in [5.41, 5.74) is 8.32. The molecule has 0 saturated carbocycles. The summed E-state index contributed by atoms with van der Waals surface area (Å²) >= 11 is 0. The van der Waals surface area contributed by atoms with E-state index in [1.54, 1.807) is 13.9 Å². The van der Waals surface area contributed by atoms with E-state index in [-0.39, 0.29) is 23.3 Å². The standard InChI is InChI=1S/C36H32B2O3/c1-5-20-12-11-15-26(23(20)6-2)21-16-18-22(19-17-21)29-24(7-3)25(8-4)30(28-14-10-9-13-27(28)29)31-32(37)33(38)35(40)36(41)34(31)39/h5-20,23,39-41H,1-4,37-38H2. The molecule has 0 heterocycles. The Kier molecular flexibility index (Phi) is 7.38. The van der Waals surface area contributed by atoms with Crippen molar-refractivity contribution in [2.75, 3.05) is 0 Å². The molecule has 0 radical (unpaired) electrons. The number of rotatable bonds is 7. The summed E-state index contributed by atoms with van der Waals surface area (Å²) in [6, 6.07) is 16.5. The highest BCUT2D eigenvalue weighted by molar-refractivity contribution is 6.53. The molecule has 0 fully saturated rings. The van der Waals surface area contributed by atoms with Gasteiger partial charge in [-0.05, 0) is 49.6 Å². The van der Waals surface area contributed by atoms with Crippen molar-refractivity contribution in [1.82, 2.24) is 0 Å². The van der Waals surface area contributed by atoms with Crippen molar-refractivity contribution in [3.8, 4) is 39.5 Å². The lowest BCUT2D eigenvalue weighted by molar-refractivity contribution is 0.371. The molecule has 4 aromatic rings. The van der Waals surface area contributed by atoms with Crippen molar-refractivity contribution >= 4 is 55.1 Å². The average molecular weight is 534 g/mol. The van der Waals surface area contributed by atoms with E-state index < -0.39 is 5.75 Å². The number of benzene rings is 4. The second-order valence-corrected chi connectivity index (χ2v) is 10.4. The molecule has 3 N–H and O–H groups in total. The summed E-state index contributed by atoms with van der Waals surface area (Å²) < 4.78 is 0. The van der Waals surface area contributed by atoms with E-state index in [1.807, 2.05) is 44.3 Å². The minimum atomic E-state index is -0.537. The zero-order valence-corrected chi connectivity index (χ0v) is 23.5. The van der Waals surface area contributed by atoms with Gasteiger partial charge in [0.2, 0.25) is 0 Å². The van der Waals surface area contributed by atoms with E-state index in [0.717, 1.165) is 44.2 Å². The van der Waals surface area contributed by atoms with Crippen molar-refractivity contribution in [1.29, 1.82) is 0 Å². The molecule has 1 aliphatic carbocycles. The largest absolute Gasteiger partial charge is 0.505 e. The molecule has 4 aromatic carbocycles. The fourth-order valence-electron chi connectivity index (χ4n) is 6.09. The first-order valence-corrected chi connectivity index (χ1v) is 13.6. The Balaban J connectivity index is 1.78. The molecule has 5 heteroatoms. The molecule has 2 unspecified atom stereocenters. The fourth-order valence-corrected chi connectivity index (χ4v) is 6.09. The van der Waals surface area contributed by atoms with Gasteiger partial charge in [-0.15, -0.1) is 13.2 Å². The maximum absolute atomic E-state index is 11.1. The molecule has 41 heavy (non-hydrogen) atoms. The molecule has 0 spiro atoms. The number of fused-ring (bicyclic) bond motifs is 1. The number of hydrogen-bond donors (Lipinski definition) is 3. The molecule has 2 atom stereocenters. The molecule has 0 saturated heterocycles. The normalized spacial score (nSPS) is 16.2. The van der Waals surface area contributed by atoms with Crippen molar-refractivity contribution < 1.29 is 15.3 Å². The molecular weight excluding hydrogens is 502 g/mol. The number of phenolic OH excluding ortho intramolecular Hbond substituents is 3. The average Bonchev–Trinajstić information content (AvgIpc) is 3.01. The first-order valence-electron chi connectivity index (χ1n) is 13.6. The Morgan fingerprint density at radius 1 is 0.634 bits per heavy atom. The molecule has 5 rings (SSSR count). The van der Waals surface area contributed by atoms with Gasteiger partial charge in [0.15, 0.2) is 17.2 Å². The van der Waals surface area contributed by atoms with Crippen LogP contribution in [0.4, 0.5) is 0 Å². The summed E-state index contributed by atoms with van der Waals surface area (Å²) in [4.78, 5) is 0. The van der Waals surface area contributed by atoms with Gasteiger partial charge < -0.3 is 15.3 Å². The zero-order chi connectivity index (χ0) is 29.4. The van der Waals surface area contributed by atoms with E-state index in [4.69, 9.17) is 0 Å². The van der Waals surface area contributed by atoms with Crippen LogP contribution in [0.2, 0.25) is 0 Å². The predicted octanol–water partition coefficient (Wildman–Crippen LogP) is 5.65. The third-order valence-electron chi connectivity index (χ3n) is 8.35. The van der Waals surface area contributed by atoms with Crippen LogP contribution in [-0.2, 0) is 0 Å². The maximum Gasteiger partial charge on any atom is 0.200 e. The van der Waals surface area contributed by atoms with E-state index in [0.29, 0.717) is 16.5 Å². The van der Waals surface area contributed by atoms with Crippen molar-refractivity contribution in [2.45, 2.75) is 0 Å². The van der Waals surface area contributed by atoms with Crippen LogP contribution in [0.15, 0.2) is 105 Å². The molecule has 3 nitrogen and oxygen atoms in total. The summed E-state index contributed by atoms with van der Waals surface area (Å²) in [6.07, 6.45) is 13.9. The smallest absolute Gasteiger partial charge is 0.200 e. The Hall–Kier alpha value is -4.89. The van der Waals surface area contributed by atoms with Gasteiger partial charge in [-0.1, -0.05) is 110 Å². The zero-order valence-electron chi connectivity index (χ0n) is 23.5. The number of allylic oxidation sites excluding steroid dienone is 6. The molecule has 200 valence electrons. The van der Waals surface area contributed by atoms with E-state index >= 15 is 0 Å². The van der Waals surface area contributed by atoms with Crippen LogP contribution in [0.3, 0.4) is 0 Å². The third kappa shape index (κ3) is 4.35. The molecule has 1 aliphatic rings. The minimum Gasteiger partial charge on any atom is -0.505 e. The van der Waals surface area contributed by atoms with Crippen LogP contribution in [0.5, 0.6) is 17.2 Å². The van der Waals surface area contributed by atoms with E-state index in [1.165, 1.54) is 5.57 Å². The van der Waals surface area contributed by atoms with E-state index in [9.17, 15) is 15.3 Å². The predicted molar refractivity (Wildman–Crippen MR) is 181 cm³/mol. The van der Waals surface area contributed by atoms with Crippen molar-refractivity contribution in [3.05, 3.63) is 122 Å². The van der Waals surface area contributed by atoms with Crippen LogP contribution >= 0.6 is 0 Å². The number of aromatic hydroxyl groups is 3. The summed E-state index contributed by atoms with van der Waals surface area (Å²) in [5.74, 6) is -0.869. The van der Waals surface area contributed by atoms with Gasteiger partial charge in [0, 0.05) is 23.0 Å². The lowest BCUT2D eigenvalue weighted by atomic mass is 9.72. The first kappa shape index (κ1) is 27.7. The highest BCUT2D eigenvalue weighted by Gasteiger charge is 2.26. The topological polar surface area (TPSA) is 60.7 Å². The molecular formula is C36H32B2O3. The lowest BCUT2D eigenvalue weighted by Crippen LogP contribution is -2.28. The highest BCUT2D eigenvalue weighted by Crippen LogP contribution is 2.48. The van der Waals surface area contributed by atoms with Gasteiger partial charge >= 0.3 is 0 Å². The molecule has 0 aliphatic heterocycles. The Labute approximate surface area is 243 Å². The van der Waals surface area contributed by atoms with Crippen LogP contribution in [0, 0.1) is 11.8 Å².